The maximum atomic E-state index is 12.7. The molecule has 1 N–H and O–H groups in total. The molecular weight excluding hydrogens is 377 g/mol. The lowest BCUT2D eigenvalue weighted by Gasteiger charge is -2.43. The molecule has 28 heavy (non-hydrogen) atoms. The van der Waals surface area contributed by atoms with Gasteiger partial charge in [-0.1, -0.05) is 12.1 Å². The molecule has 150 valence electrons. The van der Waals surface area contributed by atoms with Crippen LogP contribution in [-0.4, -0.2) is 48.5 Å². The molecule has 6 nitrogen and oxygen atoms in total. The molecule has 1 aromatic carbocycles. The van der Waals surface area contributed by atoms with Gasteiger partial charge in [-0.05, 0) is 48.3 Å². The number of amides is 2. The van der Waals surface area contributed by atoms with E-state index < -0.39 is 12.5 Å². The maximum absolute atomic E-state index is 12.7. The fraction of sp³-hybridized carbons (Fsp3) is 0.579. The smallest absolute Gasteiger partial charge is 0.447 e. The van der Waals surface area contributed by atoms with Crippen molar-refractivity contribution in [3.8, 4) is 5.75 Å². The second-order valence-corrected chi connectivity index (χ2v) is 8.30. The number of hydrogen-bond acceptors (Lipinski definition) is 4. The van der Waals surface area contributed by atoms with Crippen molar-refractivity contribution in [3.63, 3.8) is 0 Å². The van der Waals surface area contributed by atoms with Crippen LogP contribution in [0.15, 0.2) is 24.3 Å². The van der Waals surface area contributed by atoms with Crippen LogP contribution < -0.4 is 10.1 Å². The number of carbonyl (C=O) groups excluding carboxylic acids is 2. The first-order valence-electron chi connectivity index (χ1n) is 9.32. The summed E-state index contributed by atoms with van der Waals surface area (Å²) >= 11 is 0. The van der Waals surface area contributed by atoms with Crippen LogP contribution in [-0.2, 0) is 9.53 Å². The molecule has 4 fully saturated rings. The van der Waals surface area contributed by atoms with Crippen LogP contribution >= 0.6 is 0 Å². The Morgan fingerprint density at radius 3 is 2.57 bits per heavy atom. The fourth-order valence-corrected chi connectivity index (χ4v) is 5.15. The Morgan fingerprint density at radius 2 is 1.96 bits per heavy atom. The summed E-state index contributed by atoms with van der Waals surface area (Å²) in [6, 6.07) is 6.13. The van der Waals surface area contributed by atoms with Gasteiger partial charge >= 0.3 is 12.5 Å². The fourth-order valence-electron chi connectivity index (χ4n) is 5.15. The maximum Gasteiger partial charge on any atom is 0.573 e. The number of likely N-dealkylation sites (tertiary alicyclic amines) is 1. The topological polar surface area (TPSA) is 67.9 Å². The van der Waals surface area contributed by atoms with E-state index in [1.54, 1.807) is 6.07 Å². The highest BCUT2D eigenvalue weighted by Crippen LogP contribution is 2.59. The first-order chi connectivity index (χ1) is 13.2. The molecule has 0 aromatic heterocycles. The average molecular weight is 396 g/mol. The molecule has 0 bridgehead atoms. The molecule has 2 aliphatic heterocycles. The number of alkyl halides is 3. The van der Waals surface area contributed by atoms with Crippen LogP contribution in [0.2, 0.25) is 0 Å². The number of nitrogens with zero attached hydrogens (tertiary/aromatic N) is 1. The summed E-state index contributed by atoms with van der Waals surface area (Å²) in [7, 11) is 0. The third-order valence-electron chi connectivity index (χ3n) is 6.45. The van der Waals surface area contributed by atoms with Crippen molar-refractivity contribution in [2.45, 2.75) is 30.7 Å². The minimum absolute atomic E-state index is 0.0959. The van der Waals surface area contributed by atoms with Crippen LogP contribution in [0.4, 0.5) is 18.0 Å². The van der Waals surface area contributed by atoms with Crippen molar-refractivity contribution < 1.29 is 32.2 Å². The number of fused-ring (bicyclic) bond motifs is 1. The number of ether oxygens (including phenoxy) is 2. The predicted octanol–water partition coefficient (Wildman–Crippen LogP) is 2.65. The normalized spacial score (nSPS) is 35.8. The zero-order valence-corrected chi connectivity index (χ0v) is 14.9. The molecular formula is C19H19F3N2O4. The van der Waals surface area contributed by atoms with Crippen molar-refractivity contribution in [2.75, 3.05) is 19.7 Å². The highest BCUT2D eigenvalue weighted by Gasteiger charge is 2.59. The quantitative estimate of drug-likeness (QED) is 0.853. The summed E-state index contributed by atoms with van der Waals surface area (Å²) < 4.78 is 46.2. The van der Waals surface area contributed by atoms with Gasteiger partial charge < -0.3 is 19.7 Å². The molecule has 3 atom stereocenters. The molecule has 2 saturated carbocycles. The number of benzene rings is 1. The van der Waals surface area contributed by atoms with E-state index in [4.69, 9.17) is 4.74 Å². The zero-order chi connectivity index (χ0) is 19.7. The summed E-state index contributed by atoms with van der Waals surface area (Å²) in [5.41, 5.74) is 0.457. The Kier molecular flexibility index (Phi) is 3.64. The molecule has 2 saturated heterocycles. The molecule has 2 heterocycles. The van der Waals surface area contributed by atoms with E-state index in [0.29, 0.717) is 32.5 Å². The van der Waals surface area contributed by atoms with Gasteiger partial charge in [0.15, 0.2) is 0 Å². The molecule has 0 unspecified atom stereocenters. The van der Waals surface area contributed by atoms with Crippen molar-refractivity contribution in [3.05, 3.63) is 29.8 Å². The predicted molar refractivity (Wildman–Crippen MR) is 89.4 cm³/mol. The first-order valence-corrected chi connectivity index (χ1v) is 9.32. The van der Waals surface area contributed by atoms with Gasteiger partial charge in [0.05, 0.1) is 5.54 Å². The Morgan fingerprint density at radius 1 is 1.25 bits per heavy atom. The standard InChI is InChI=1S/C19H19F3N2O4/c20-19(21,22)28-12-3-1-2-10(4-12)15-13-7-24(8-14(13)15)16(25)11-5-18(6-11)9-27-17(26)23-18/h1-4,11,13-15H,5-9H2,(H,23,26)/t11?,13-,14+,15-,18?. The first kappa shape index (κ1) is 17.6. The molecule has 1 spiro atoms. The molecule has 2 amide bonds. The summed E-state index contributed by atoms with van der Waals surface area (Å²) in [5, 5.41) is 2.79. The summed E-state index contributed by atoms with van der Waals surface area (Å²) in [6.07, 6.45) is -3.92. The van der Waals surface area contributed by atoms with Crippen LogP contribution in [0.3, 0.4) is 0 Å². The number of cyclic esters (lactones) is 1. The summed E-state index contributed by atoms with van der Waals surface area (Å²) in [4.78, 5) is 25.8. The van der Waals surface area contributed by atoms with Gasteiger partial charge in [-0.25, -0.2) is 4.79 Å². The van der Waals surface area contributed by atoms with Crippen LogP contribution in [0.1, 0.15) is 24.3 Å². The van der Waals surface area contributed by atoms with E-state index in [9.17, 15) is 22.8 Å². The lowest BCUT2D eigenvalue weighted by molar-refractivity contribution is -0.274. The Hall–Kier alpha value is -2.45. The second-order valence-electron chi connectivity index (χ2n) is 8.30. The lowest BCUT2D eigenvalue weighted by atomic mass is 9.68. The van der Waals surface area contributed by atoms with E-state index in [1.807, 2.05) is 11.0 Å². The van der Waals surface area contributed by atoms with Crippen molar-refractivity contribution in [2.24, 2.45) is 17.8 Å². The average Bonchev–Trinajstić information content (AvgIpc) is 2.91. The zero-order valence-electron chi connectivity index (χ0n) is 14.9. The number of nitrogens with one attached hydrogen (secondary N) is 1. The number of piperidine rings is 1. The number of halogens is 3. The van der Waals surface area contributed by atoms with Crippen molar-refractivity contribution >= 4 is 12.0 Å². The highest BCUT2D eigenvalue weighted by molar-refractivity contribution is 5.82. The lowest BCUT2D eigenvalue weighted by Crippen LogP contribution is -2.58. The third-order valence-corrected chi connectivity index (χ3v) is 6.45. The minimum atomic E-state index is -4.70. The number of hydrogen-bond donors (Lipinski definition) is 1. The van der Waals surface area contributed by atoms with Gasteiger partial charge in [0.2, 0.25) is 5.91 Å². The van der Waals surface area contributed by atoms with E-state index in [-0.39, 0.29) is 40.9 Å². The number of carbonyl (C=O) groups is 2. The molecule has 9 heteroatoms. The number of alkyl carbamates (subject to hydrolysis) is 1. The van der Waals surface area contributed by atoms with Gasteiger partial charge in [-0.15, -0.1) is 13.2 Å². The van der Waals surface area contributed by atoms with E-state index in [1.165, 1.54) is 12.1 Å². The second kappa shape index (κ2) is 5.78. The molecule has 0 radical (unpaired) electrons. The van der Waals surface area contributed by atoms with E-state index in [2.05, 4.69) is 10.1 Å². The third kappa shape index (κ3) is 2.97. The Bertz CT molecular complexity index is 825. The molecule has 4 aliphatic rings. The minimum Gasteiger partial charge on any atom is -0.447 e. The number of rotatable bonds is 3. The van der Waals surface area contributed by atoms with Gasteiger partial charge in [-0.2, -0.15) is 0 Å². The molecule has 5 rings (SSSR count). The Labute approximate surface area is 159 Å². The summed E-state index contributed by atoms with van der Waals surface area (Å²) in [6.45, 7) is 1.58. The Balaban J connectivity index is 1.16. The van der Waals surface area contributed by atoms with E-state index in [0.717, 1.165) is 5.56 Å². The van der Waals surface area contributed by atoms with Crippen LogP contribution in [0, 0.1) is 17.8 Å². The van der Waals surface area contributed by atoms with Crippen LogP contribution in [0.25, 0.3) is 0 Å². The largest absolute Gasteiger partial charge is 0.573 e. The summed E-state index contributed by atoms with van der Waals surface area (Å²) in [5.74, 6) is 0.551. The van der Waals surface area contributed by atoms with Crippen molar-refractivity contribution in [1.82, 2.24) is 10.2 Å². The molecule has 2 aliphatic carbocycles. The van der Waals surface area contributed by atoms with Gasteiger partial charge in [0.1, 0.15) is 12.4 Å². The monoisotopic (exact) mass is 396 g/mol. The molecule has 1 aromatic rings. The SMILES string of the molecule is O=C1NC2(CO1)CC(C(=O)N1C[C@@H]3[C@H](C1)[C@@H]3c1cccc(OC(F)(F)F)c1)C2. The van der Waals surface area contributed by atoms with Gasteiger partial charge in [-0.3, -0.25) is 4.79 Å². The van der Waals surface area contributed by atoms with Gasteiger partial charge in [0, 0.05) is 19.0 Å². The van der Waals surface area contributed by atoms with Gasteiger partial charge in [0.25, 0.3) is 0 Å². The van der Waals surface area contributed by atoms with Crippen molar-refractivity contribution in [1.29, 1.82) is 0 Å². The van der Waals surface area contributed by atoms with E-state index >= 15 is 0 Å². The van der Waals surface area contributed by atoms with Crippen LogP contribution in [0.5, 0.6) is 5.75 Å². The highest BCUT2D eigenvalue weighted by atomic mass is 19.4.